The van der Waals surface area contributed by atoms with E-state index in [0.717, 1.165) is 24.0 Å². The summed E-state index contributed by atoms with van der Waals surface area (Å²) >= 11 is 6.10. The first-order valence-electron chi connectivity index (χ1n) is 9.23. The summed E-state index contributed by atoms with van der Waals surface area (Å²) in [6.45, 7) is 3.45. The molecule has 0 saturated heterocycles. The van der Waals surface area contributed by atoms with Gasteiger partial charge in [0.15, 0.2) is 6.61 Å². The molecule has 3 amide bonds. The van der Waals surface area contributed by atoms with Gasteiger partial charge in [0.2, 0.25) is 5.91 Å². The van der Waals surface area contributed by atoms with Gasteiger partial charge in [0.05, 0.1) is 0 Å². The Morgan fingerprint density at radius 3 is 2.24 bits per heavy atom. The van der Waals surface area contributed by atoms with Crippen molar-refractivity contribution in [1.82, 2.24) is 10.9 Å². The van der Waals surface area contributed by atoms with Gasteiger partial charge in [-0.3, -0.25) is 25.2 Å². The van der Waals surface area contributed by atoms with E-state index < -0.39 is 11.8 Å². The number of hydrazine groups is 1. The second-order valence-corrected chi connectivity index (χ2v) is 7.38. The van der Waals surface area contributed by atoms with Crippen LogP contribution in [0.3, 0.4) is 0 Å². The molecule has 0 unspecified atom stereocenters. The largest absolute Gasteiger partial charge is 0.484 e. The van der Waals surface area contributed by atoms with Crippen LogP contribution in [0.2, 0.25) is 5.02 Å². The van der Waals surface area contributed by atoms with E-state index in [1.54, 1.807) is 36.4 Å². The van der Waals surface area contributed by atoms with Crippen LogP contribution in [0.4, 0.5) is 5.69 Å². The van der Waals surface area contributed by atoms with E-state index in [1.165, 1.54) is 0 Å². The van der Waals surface area contributed by atoms with Gasteiger partial charge < -0.3 is 10.1 Å². The molecule has 29 heavy (non-hydrogen) atoms. The molecule has 0 heterocycles. The molecule has 0 bridgehead atoms. The quantitative estimate of drug-likeness (QED) is 0.631. The summed E-state index contributed by atoms with van der Waals surface area (Å²) in [5, 5.41) is 3.46. The Bertz CT molecular complexity index is 916. The van der Waals surface area contributed by atoms with E-state index in [4.69, 9.17) is 16.3 Å². The summed E-state index contributed by atoms with van der Waals surface area (Å²) < 4.78 is 5.44. The zero-order valence-electron chi connectivity index (χ0n) is 16.2. The third-order valence-corrected chi connectivity index (χ3v) is 5.05. The van der Waals surface area contributed by atoms with Crippen LogP contribution in [0, 0.1) is 19.8 Å². The van der Waals surface area contributed by atoms with Crippen LogP contribution in [0.5, 0.6) is 5.75 Å². The highest BCUT2D eigenvalue weighted by molar-refractivity contribution is 6.32. The molecule has 3 N–H and O–H groups in total. The van der Waals surface area contributed by atoms with Crippen molar-refractivity contribution in [3.05, 3.63) is 58.1 Å². The van der Waals surface area contributed by atoms with E-state index in [1.807, 2.05) is 13.8 Å². The van der Waals surface area contributed by atoms with E-state index in [-0.39, 0.29) is 18.4 Å². The molecular formula is C21H22ClN3O4. The molecule has 1 fully saturated rings. The number of rotatable bonds is 6. The number of hydrogen-bond donors (Lipinski definition) is 3. The fraction of sp³-hybridized carbons (Fsp3) is 0.286. The Labute approximate surface area is 173 Å². The van der Waals surface area contributed by atoms with Crippen molar-refractivity contribution in [1.29, 1.82) is 0 Å². The first kappa shape index (κ1) is 20.7. The topological polar surface area (TPSA) is 96.5 Å². The number of amides is 3. The smallest absolute Gasteiger partial charge is 0.276 e. The normalized spacial score (nSPS) is 12.8. The number of halogens is 1. The first-order chi connectivity index (χ1) is 13.8. The lowest BCUT2D eigenvalue weighted by atomic mass is 10.1. The average Bonchev–Trinajstić information content (AvgIpc) is 3.54. The van der Waals surface area contributed by atoms with Crippen LogP contribution in [-0.4, -0.2) is 24.3 Å². The molecule has 3 rings (SSSR count). The van der Waals surface area contributed by atoms with Crippen molar-refractivity contribution in [2.75, 3.05) is 11.9 Å². The van der Waals surface area contributed by atoms with Gasteiger partial charge in [0.25, 0.3) is 11.8 Å². The SMILES string of the molecule is Cc1cc(OCC(=O)NNC(=O)c2ccc(NC(=O)C3CC3)cc2)cc(C)c1Cl. The zero-order valence-corrected chi connectivity index (χ0v) is 16.9. The molecule has 1 aliphatic rings. The van der Waals surface area contributed by atoms with Gasteiger partial charge >= 0.3 is 0 Å². The molecule has 0 spiro atoms. The Balaban J connectivity index is 1.44. The van der Waals surface area contributed by atoms with Crippen LogP contribution in [0.1, 0.15) is 34.3 Å². The van der Waals surface area contributed by atoms with Gasteiger partial charge in [0, 0.05) is 22.2 Å². The molecular weight excluding hydrogens is 394 g/mol. The molecule has 1 aliphatic carbocycles. The predicted molar refractivity (Wildman–Crippen MR) is 110 cm³/mol. The molecule has 2 aromatic rings. The van der Waals surface area contributed by atoms with Gasteiger partial charge in [-0.2, -0.15) is 0 Å². The third kappa shape index (κ3) is 5.71. The van der Waals surface area contributed by atoms with Crippen LogP contribution in [0.15, 0.2) is 36.4 Å². The lowest BCUT2D eigenvalue weighted by molar-refractivity contribution is -0.123. The fourth-order valence-electron chi connectivity index (χ4n) is 2.67. The van der Waals surface area contributed by atoms with Crippen molar-refractivity contribution < 1.29 is 19.1 Å². The standard InChI is InChI=1S/C21H22ClN3O4/c1-12-9-17(10-13(2)19(12)22)29-11-18(26)24-25-21(28)15-5-7-16(8-6-15)23-20(27)14-3-4-14/h5-10,14H,3-4,11H2,1-2H3,(H,23,27)(H,24,26)(H,25,28). The molecule has 8 heteroatoms. The van der Waals surface area contributed by atoms with Crippen LogP contribution in [-0.2, 0) is 9.59 Å². The van der Waals surface area contributed by atoms with Crippen molar-refractivity contribution in [3.8, 4) is 5.75 Å². The van der Waals surface area contributed by atoms with Gasteiger partial charge in [0.1, 0.15) is 5.75 Å². The Hall–Kier alpha value is -3.06. The lowest BCUT2D eigenvalue weighted by Gasteiger charge is -2.11. The maximum absolute atomic E-state index is 12.1. The maximum atomic E-state index is 12.1. The number of nitrogens with one attached hydrogen (secondary N) is 3. The van der Waals surface area contributed by atoms with Crippen molar-refractivity contribution in [2.24, 2.45) is 5.92 Å². The summed E-state index contributed by atoms with van der Waals surface area (Å²) in [5.74, 6) is -0.347. The number of hydrogen-bond acceptors (Lipinski definition) is 4. The van der Waals surface area contributed by atoms with E-state index in [2.05, 4.69) is 16.2 Å². The van der Waals surface area contributed by atoms with Crippen molar-refractivity contribution in [3.63, 3.8) is 0 Å². The molecule has 0 radical (unpaired) electrons. The first-order valence-corrected chi connectivity index (χ1v) is 9.61. The van der Waals surface area contributed by atoms with E-state index >= 15 is 0 Å². The number of carbonyl (C=O) groups excluding carboxylic acids is 3. The summed E-state index contributed by atoms with van der Waals surface area (Å²) in [7, 11) is 0. The molecule has 0 atom stereocenters. The Morgan fingerprint density at radius 2 is 1.66 bits per heavy atom. The highest BCUT2D eigenvalue weighted by atomic mass is 35.5. The highest BCUT2D eigenvalue weighted by Gasteiger charge is 2.29. The van der Waals surface area contributed by atoms with Crippen LogP contribution < -0.4 is 20.9 Å². The Morgan fingerprint density at radius 1 is 1.03 bits per heavy atom. The highest BCUT2D eigenvalue weighted by Crippen LogP contribution is 2.30. The fourth-order valence-corrected chi connectivity index (χ4v) is 2.78. The van der Waals surface area contributed by atoms with Crippen molar-refractivity contribution in [2.45, 2.75) is 26.7 Å². The summed E-state index contributed by atoms with van der Waals surface area (Å²) in [5.41, 5.74) is 7.31. The molecule has 1 saturated carbocycles. The predicted octanol–water partition coefficient (Wildman–Crippen LogP) is 3.15. The summed E-state index contributed by atoms with van der Waals surface area (Å²) in [6, 6.07) is 9.91. The number of benzene rings is 2. The van der Waals surface area contributed by atoms with Gasteiger partial charge in [-0.1, -0.05) is 11.6 Å². The minimum atomic E-state index is -0.503. The van der Waals surface area contributed by atoms with E-state index in [0.29, 0.717) is 22.0 Å². The second kappa shape index (κ2) is 8.96. The molecule has 152 valence electrons. The molecule has 7 nitrogen and oxygen atoms in total. The molecule has 0 aliphatic heterocycles. The molecule has 2 aromatic carbocycles. The minimum Gasteiger partial charge on any atom is -0.484 e. The maximum Gasteiger partial charge on any atom is 0.276 e. The van der Waals surface area contributed by atoms with Crippen LogP contribution in [0.25, 0.3) is 0 Å². The Kier molecular flexibility index (Phi) is 6.39. The van der Waals surface area contributed by atoms with Crippen LogP contribution >= 0.6 is 11.6 Å². The number of ether oxygens (including phenoxy) is 1. The summed E-state index contributed by atoms with van der Waals surface area (Å²) in [4.78, 5) is 35.8. The average molecular weight is 416 g/mol. The van der Waals surface area contributed by atoms with Crippen molar-refractivity contribution >= 4 is 35.0 Å². The lowest BCUT2D eigenvalue weighted by Crippen LogP contribution is -2.43. The zero-order chi connectivity index (χ0) is 21.0. The minimum absolute atomic E-state index is 0.000500. The third-order valence-electron chi connectivity index (χ3n) is 4.46. The van der Waals surface area contributed by atoms with Gasteiger partial charge in [-0.25, -0.2) is 0 Å². The number of carbonyl (C=O) groups is 3. The van der Waals surface area contributed by atoms with Gasteiger partial charge in [-0.15, -0.1) is 0 Å². The van der Waals surface area contributed by atoms with Gasteiger partial charge in [-0.05, 0) is 74.2 Å². The molecule has 0 aromatic heterocycles. The number of aryl methyl sites for hydroxylation is 2. The number of anilines is 1. The monoisotopic (exact) mass is 415 g/mol. The second-order valence-electron chi connectivity index (χ2n) is 7.00. The summed E-state index contributed by atoms with van der Waals surface area (Å²) in [6.07, 6.45) is 1.85. The van der Waals surface area contributed by atoms with E-state index in [9.17, 15) is 14.4 Å².